The second-order valence-electron chi connectivity index (χ2n) is 8.12. The predicted octanol–water partition coefficient (Wildman–Crippen LogP) is 5.59. The number of pyridine rings is 1. The molecule has 4 rings (SSSR count). The smallest absolute Gasteiger partial charge is 0.192 e. The Hall–Kier alpha value is -2.67. The number of hydrogen-bond donors (Lipinski definition) is 0. The molecular weight excluding hydrogens is 408 g/mol. The lowest BCUT2D eigenvalue weighted by atomic mass is 9.85. The summed E-state index contributed by atoms with van der Waals surface area (Å²) in [5.41, 5.74) is 2.65. The van der Waals surface area contributed by atoms with Crippen molar-refractivity contribution in [3.05, 3.63) is 53.9 Å². The Kier molecular flexibility index (Phi) is 6.70. The van der Waals surface area contributed by atoms with Crippen molar-refractivity contribution >= 4 is 17.5 Å². The molecule has 2 heterocycles. The summed E-state index contributed by atoms with van der Waals surface area (Å²) < 4.78 is 7.84. The predicted molar refractivity (Wildman–Crippen MR) is 122 cm³/mol. The summed E-state index contributed by atoms with van der Waals surface area (Å²) in [5, 5.41) is 10.0. The normalized spacial score (nSPS) is 18.7. The number of methoxy groups -OCH3 is 1. The van der Waals surface area contributed by atoms with Gasteiger partial charge in [0, 0.05) is 40.9 Å². The van der Waals surface area contributed by atoms with Crippen molar-refractivity contribution in [2.75, 3.05) is 7.11 Å². The van der Waals surface area contributed by atoms with Crippen LogP contribution in [0.25, 0.3) is 11.4 Å². The number of nitrogens with zero attached hydrogens (tertiary/aromatic N) is 4. The fraction of sp³-hybridized carbons (Fsp3) is 0.417. The van der Waals surface area contributed by atoms with Crippen LogP contribution in [0.2, 0.25) is 0 Å². The number of carbonyl (C=O) groups excluding carboxylic acids is 1. The highest BCUT2D eigenvalue weighted by Crippen LogP contribution is 2.40. The maximum atomic E-state index is 11.8. The number of ether oxygens (including phenoxy) is 1. The molecule has 162 valence electrons. The van der Waals surface area contributed by atoms with Gasteiger partial charge < -0.3 is 4.74 Å². The van der Waals surface area contributed by atoms with Crippen LogP contribution in [0.5, 0.6) is 5.75 Å². The zero-order valence-corrected chi connectivity index (χ0v) is 19.1. The molecule has 1 saturated carbocycles. The molecule has 0 bridgehead atoms. The molecule has 0 saturated heterocycles. The van der Waals surface area contributed by atoms with E-state index in [-0.39, 0.29) is 5.78 Å². The van der Waals surface area contributed by atoms with Crippen LogP contribution in [0, 0.1) is 5.92 Å². The highest BCUT2D eigenvalue weighted by Gasteiger charge is 2.28. The van der Waals surface area contributed by atoms with Crippen LogP contribution in [-0.4, -0.2) is 32.6 Å². The van der Waals surface area contributed by atoms with Crippen LogP contribution < -0.4 is 4.74 Å². The Morgan fingerprint density at radius 1 is 1.23 bits per heavy atom. The molecule has 1 fully saturated rings. The molecule has 0 spiro atoms. The Bertz CT molecular complexity index is 1050. The van der Waals surface area contributed by atoms with Crippen LogP contribution in [0.3, 0.4) is 0 Å². The topological polar surface area (TPSA) is 69.9 Å². The van der Waals surface area contributed by atoms with E-state index in [1.807, 2.05) is 36.5 Å². The Morgan fingerprint density at radius 3 is 2.77 bits per heavy atom. The van der Waals surface area contributed by atoms with Gasteiger partial charge in [0.1, 0.15) is 5.75 Å². The lowest BCUT2D eigenvalue weighted by molar-refractivity contribution is 0.101. The van der Waals surface area contributed by atoms with Gasteiger partial charge in [0.05, 0.1) is 7.11 Å². The Morgan fingerprint density at radius 2 is 2.06 bits per heavy atom. The van der Waals surface area contributed by atoms with Crippen molar-refractivity contribution in [1.29, 1.82) is 0 Å². The molecule has 0 unspecified atom stereocenters. The van der Waals surface area contributed by atoms with Crippen LogP contribution in [0.4, 0.5) is 0 Å². The van der Waals surface area contributed by atoms with Gasteiger partial charge in [-0.3, -0.25) is 14.3 Å². The van der Waals surface area contributed by atoms with E-state index < -0.39 is 0 Å². The second kappa shape index (κ2) is 9.64. The first-order chi connectivity index (χ1) is 15.1. The Labute approximate surface area is 187 Å². The summed E-state index contributed by atoms with van der Waals surface area (Å²) in [6, 6.07) is 9.93. The number of benzene rings is 1. The molecule has 2 aromatic heterocycles. The average molecular weight is 437 g/mol. The summed E-state index contributed by atoms with van der Waals surface area (Å²) in [4.78, 5) is 16.1. The third-order valence-corrected chi connectivity index (χ3v) is 7.02. The molecule has 1 aliphatic rings. The number of thioether (sulfide) groups is 1. The van der Waals surface area contributed by atoms with E-state index in [4.69, 9.17) is 4.74 Å². The van der Waals surface area contributed by atoms with Gasteiger partial charge >= 0.3 is 0 Å². The zero-order chi connectivity index (χ0) is 21.8. The zero-order valence-electron chi connectivity index (χ0n) is 18.2. The summed E-state index contributed by atoms with van der Waals surface area (Å²) in [6.07, 6.45) is 8.47. The number of rotatable bonds is 7. The van der Waals surface area contributed by atoms with Gasteiger partial charge in [-0.2, -0.15) is 0 Å². The molecule has 7 heteroatoms. The SMILES string of the molecule is COc1ccc(C(C)=O)cc1CSc1nnc(-c2cccnc2)n1[C@H]1CCCC[C@@H]1C. The molecule has 0 N–H and O–H groups in total. The lowest BCUT2D eigenvalue weighted by Gasteiger charge is -2.31. The first-order valence-corrected chi connectivity index (χ1v) is 11.7. The second-order valence-corrected chi connectivity index (χ2v) is 9.06. The monoisotopic (exact) mass is 436 g/mol. The molecule has 1 aliphatic carbocycles. The highest BCUT2D eigenvalue weighted by molar-refractivity contribution is 7.98. The molecule has 0 amide bonds. The first kappa shape index (κ1) is 21.6. The third kappa shape index (κ3) is 4.66. The number of Topliss-reactive ketones (excluding diaryl/α,β-unsaturated/α-hetero) is 1. The van der Waals surface area contributed by atoms with E-state index >= 15 is 0 Å². The molecule has 2 atom stereocenters. The van der Waals surface area contributed by atoms with E-state index in [1.165, 1.54) is 19.3 Å². The van der Waals surface area contributed by atoms with E-state index in [0.29, 0.717) is 23.3 Å². The molecule has 0 aliphatic heterocycles. The Balaban J connectivity index is 1.68. The number of hydrogen-bond acceptors (Lipinski definition) is 6. The van der Waals surface area contributed by atoms with Gasteiger partial charge in [-0.15, -0.1) is 10.2 Å². The van der Waals surface area contributed by atoms with Crippen LogP contribution >= 0.6 is 11.8 Å². The molecular formula is C24H28N4O2S. The minimum absolute atomic E-state index is 0.0481. The van der Waals surface area contributed by atoms with Gasteiger partial charge in [-0.1, -0.05) is 31.5 Å². The van der Waals surface area contributed by atoms with E-state index in [0.717, 1.165) is 34.3 Å². The highest BCUT2D eigenvalue weighted by atomic mass is 32.2. The minimum atomic E-state index is 0.0481. The van der Waals surface area contributed by atoms with E-state index in [1.54, 1.807) is 32.0 Å². The van der Waals surface area contributed by atoms with E-state index in [9.17, 15) is 4.79 Å². The van der Waals surface area contributed by atoms with Crippen molar-refractivity contribution < 1.29 is 9.53 Å². The maximum Gasteiger partial charge on any atom is 0.192 e. The molecule has 31 heavy (non-hydrogen) atoms. The lowest BCUT2D eigenvalue weighted by Crippen LogP contribution is -2.22. The van der Waals surface area contributed by atoms with Crippen molar-refractivity contribution in [3.63, 3.8) is 0 Å². The number of ketones is 1. The quantitative estimate of drug-likeness (QED) is 0.355. The molecule has 0 radical (unpaired) electrons. The summed E-state index contributed by atoms with van der Waals surface area (Å²) in [7, 11) is 1.66. The van der Waals surface area contributed by atoms with Gasteiger partial charge in [0.15, 0.2) is 16.8 Å². The maximum absolute atomic E-state index is 11.8. The summed E-state index contributed by atoms with van der Waals surface area (Å²) in [5.74, 6) is 2.92. The molecule has 1 aromatic carbocycles. The fourth-order valence-corrected chi connectivity index (χ4v) is 5.27. The van der Waals surface area contributed by atoms with Crippen molar-refractivity contribution in [2.24, 2.45) is 5.92 Å². The van der Waals surface area contributed by atoms with Crippen LogP contribution in [0.15, 0.2) is 47.9 Å². The summed E-state index contributed by atoms with van der Waals surface area (Å²) >= 11 is 1.64. The first-order valence-electron chi connectivity index (χ1n) is 10.7. The third-order valence-electron chi connectivity index (χ3n) is 6.03. The van der Waals surface area contributed by atoms with Crippen molar-refractivity contribution in [1.82, 2.24) is 19.7 Å². The molecule has 6 nitrogen and oxygen atoms in total. The number of aromatic nitrogens is 4. The largest absolute Gasteiger partial charge is 0.496 e. The number of carbonyl (C=O) groups is 1. The van der Waals surface area contributed by atoms with Gasteiger partial charge in [0.2, 0.25) is 0 Å². The minimum Gasteiger partial charge on any atom is -0.496 e. The van der Waals surface area contributed by atoms with Gasteiger partial charge in [-0.25, -0.2) is 0 Å². The van der Waals surface area contributed by atoms with Gasteiger partial charge in [-0.05, 0) is 56.0 Å². The standard InChI is InChI=1S/C24H28N4O2S/c1-16-7-4-5-9-21(16)28-23(19-8-6-12-25-14-19)26-27-24(28)31-15-20-13-18(17(2)29)10-11-22(20)30-3/h6,8,10-14,16,21H,4-5,7,9,15H2,1-3H3/t16-,21-/m0/s1. The van der Waals surface area contributed by atoms with Crippen LogP contribution in [-0.2, 0) is 5.75 Å². The fourth-order valence-electron chi connectivity index (χ4n) is 4.30. The molecule has 3 aromatic rings. The van der Waals surface area contributed by atoms with Crippen LogP contribution in [0.1, 0.15) is 61.5 Å². The summed E-state index contributed by atoms with van der Waals surface area (Å²) in [6.45, 7) is 3.91. The van der Waals surface area contributed by atoms with Crippen molar-refractivity contribution in [2.45, 2.75) is 56.5 Å². The van der Waals surface area contributed by atoms with E-state index in [2.05, 4.69) is 26.7 Å². The van der Waals surface area contributed by atoms with Gasteiger partial charge in [0.25, 0.3) is 0 Å². The average Bonchev–Trinajstić information content (AvgIpc) is 3.22. The van der Waals surface area contributed by atoms with Crippen molar-refractivity contribution in [3.8, 4) is 17.1 Å².